The maximum Gasteiger partial charge on any atom is 0.254 e. The Morgan fingerprint density at radius 2 is 2.22 bits per heavy atom. The first-order valence-corrected chi connectivity index (χ1v) is 6.55. The molecule has 1 N–H and O–H groups in total. The van der Waals surface area contributed by atoms with Crippen LogP contribution in [0.15, 0.2) is 18.2 Å². The summed E-state index contributed by atoms with van der Waals surface area (Å²) >= 11 is 6.03. The second kappa shape index (κ2) is 4.90. The van der Waals surface area contributed by atoms with Crippen LogP contribution in [0.25, 0.3) is 0 Å². The van der Waals surface area contributed by atoms with Crippen molar-refractivity contribution in [1.82, 2.24) is 4.90 Å². The van der Waals surface area contributed by atoms with Gasteiger partial charge in [-0.1, -0.05) is 17.7 Å². The van der Waals surface area contributed by atoms with Gasteiger partial charge in [-0.3, -0.25) is 4.79 Å². The van der Waals surface area contributed by atoms with Crippen LogP contribution in [0, 0.1) is 6.92 Å². The zero-order valence-electron chi connectivity index (χ0n) is 10.7. The molecule has 1 aromatic rings. The molecule has 98 valence electrons. The molecule has 4 heteroatoms. The van der Waals surface area contributed by atoms with Gasteiger partial charge in [0.25, 0.3) is 5.91 Å². The third-order valence-electron chi connectivity index (χ3n) is 3.46. The summed E-state index contributed by atoms with van der Waals surface area (Å²) in [6.45, 7) is 4.70. The quantitative estimate of drug-likeness (QED) is 0.850. The van der Waals surface area contributed by atoms with Crippen molar-refractivity contribution in [3.05, 3.63) is 34.3 Å². The highest BCUT2D eigenvalue weighted by Crippen LogP contribution is 2.24. The smallest absolute Gasteiger partial charge is 0.254 e. The topological polar surface area (TPSA) is 40.5 Å². The minimum absolute atomic E-state index is 0.0463. The first kappa shape index (κ1) is 13.4. The Bertz CT molecular complexity index is 471. The molecule has 1 saturated heterocycles. The van der Waals surface area contributed by atoms with Crippen molar-refractivity contribution >= 4 is 17.5 Å². The fourth-order valence-electron chi connectivity index (χ4n) is 2.40. The summed E-state index contributed by atoms with van der Waals surface area (Å²) in [5.41, 5.74) is 0.648. The van der Waals surface area contributed by atoms with Crippen LogP contribution >= 0.6 is 11.6 Å². The van der Waals surface area contributed by atoms with Gasteiger partial charge in [-0.15, -0.1) is 0 Å². The van der Waals surface area contributed by atoms with E-state index in [1.165, 1.54) is 0 Å². The highest BCUT2D eigenvalue weighted by Gasteiger charge is 2.31. The summed E-state index contributed by atoms with van der Waals surface area (Å²) < 4.78 is 0. The molecule has 18 heavy (non-hydrogen) atoms. The number of carbonyl (C=O) groups excluding carboxylic acids is 1. The van der Waals surface area contributed by atoms with Gasteiger partial charge in [-0.05, 0) is 44.4 Å². The predicted octanol–water partition coefficient (Wildman–Crippen LogP) is 2.64. The van der Waals surface area contributed by atoms with E-state index in [1.54, 1.807) is 30.0 Å². The van der Waals surface area contributed by atoms with Gasteiger partial charge in [-0.2, -0.15) is 0 Å². The molecule has 1 unspecified atom stereocenters. The highest BCUT2D eigenvalue weighted by molar-refractivity contribution is 6.31. The normalized spacial score (nSPS) is 24.1. The lowest BCUT2D eigenvalue weighted by Crippen LogP contribution is -2.48. The third-order valence-corrected chi connectivity index (χ3v) is 3.87. The molecule has 1 fully saturated rings. The summed E-state index contributed by atoms with van der Waals surface area (Å²) in [5, 5.41) is 10.6. The van der Waals surface area contributed by atoms with Crippen LogP contribution in [0.4, 0.5) is 0 Å². The molecule has 1 atom stereocenters. The number of benzene rings is 1. The van der Waals surface area contributed by atoms with Crippen molar-refractivity contribution in [3.8, 4) is 0 Å². The van der Waals surface area contributed by atoms with E-state index in [0.29, 0.717) is 23.7 Å². The van der Waals surface area contributed by atoms with Crippen LogP contribution in [0.2, 0.25) is 5.02 Å². The van der Waals surface area contributed by atoms with Gasteiger partial charge >= 0.3 is 0 Å². The van der Waals surface area contributed by atoms with Crippen LogP contribution in [0.3, 0.4) is 0 Å². The zero-order valence-corrected chi connectivity index (χ0v) is 11.5. The molecule has 2 rings (SSSR count). The number of hydrogen-bond acceptors (Lipinski definition) is 2. The Morgan fingerprint density at radius 1 is 1.50 bits per heavy atom. The number of nitrogens with zero attached hydrogens (tertiary/aromatic N) is 1. The molecule has 3 nitrogen and oxygen atoms in total. The fourth-order valence-corrected chi connectivity index (χ4v) is 2.58. The lowest BCUT2D eigenvalue weighted by atomic mass is 9.94. The Balaban J connectivity index is 2.23. The summed E-state index contributed by atoms with van der Waals surface area (Å²) in [5.74, 6) is -0.0463. The number of β-amino-alcohol motifs (C(OH)–C–C–N with tert-alkyl or cyclic N) is 1. The van der Waals surface area contributed by atoms with Crippen molar-refractivity contribution in [1.29, 1.82) is 0 Å². The van der Waals surface area contributed by atoms with Gasteiger partial charge in [-0.25, -0.2) is 0 Å². The number of carbonyl (C=O) groups is 1. The monoisotopic (exact) mass is 267 g/mol. The molecule has 0 aliphatic carbocycles. The maximum absolute atomic E-state index is 12.4. The number of rotatable bonds is 1. The van der Waals surface area contributed by atoms with Gasteiger partial charge in [0.1, 0.15) is 0 Å². The van der Waals surface area contributed by atoms with Crippen molar-refractivity contribution in [2.75, 3.05) is 13.1 Å². The first-order valence-electron chi connectivity index (χ1n) is 6.17. The molecule has 0 saturated carbocycles. The Labute approximate surface area is 112 Å². The highest BCUT2D eigenvalue weighted by atomic mass is 35.5. The van der Waals surface area contributed by atoms with Crippen molar-refractivity contribution in [2.24, 2.45) is 0 Å². The van der Waals surface area contributed by atoms with E-state index in [9.17, 15) is 9.90 Å². The zero-order chi connectivity index (χ0) is 13.3. The van der Waals surface area contributed by atoms with Gasteiger partial charge < -0.3 is 10.0 Å². The molecule has 0 spiro atoms. The minimum Gasteiger partial charge on any atom is -0.388 e. The average Bonchev–Trinajstić information content (AvgIpc) is 2.30. The van der Waals surface area contributed by atoms with E-state index < -0.39 is 5.60 Å². The van der Waals surface area contributed by atoms with Crippen molar-refractivity contribution < 1.29 is 9.90 Å². The Kier molecular flexibility index (Phi) is 3.64. The second-order valence-corrected chi connectivity index (χ2v) is 5.65. The molecule has 0 radical (unpaired) electrons. The molecule has 0 bridgehead atoms. The molecule has 1 aliphatic rings. The number of amides is 1. The molecule has 1 aliphatic heterocycles. The number of halogens is 1. The summed E-state index contributed by atoms with van der Waals surface area (Å²) in [4.78, 5) is 14.1. The summed E-state index contributed by atoms with van der Waals surface area (Å²) in [6, 6.07) is 5.34. The number of piperidine rings is 1. The van der Waals surface area contributed by atoms with Crippen LogP contribution in [-0.2, 0) is 0 Å². The SMILES string of the molecule is Cc1c(Cl)cccc1C(=O)N1CCCC(C)(O)C1. The fraction of sp³-hybridized carbons (Fsp3) is 0.500. The molecular formula is C14H18ClNO2. The van der Waals surface area contributed by atoms with Gasteiger partial charge in [0.15, 0.2) is 0 Å². The number of aliphatic hydroxyl groups is 1. The first-order chi connectivity index (χ1) is 8.41. The van der Waals surface area contributed by atoms with Crippen molar-refractivity contribution in [3.63, 3.8) is 0 Å². The molecule has 1 amide bonds. The maximum atomic E-state index is 12.4. The third kappa shape index (κ3) is 2.68. The molecule has 1 aromatic carbocycles. The standard InChI is InChI=1S/C14H18ClNO2/c1-10-11(5-3-6-12(10)15)13(17)16-8-4-7-14(2,18)9-16/h3,5-6,18H,4,7-9H2,1-2H3. The van der Waals surface area contributed by atoms with E-state index in [1.807, 2.05) is 6.92 Å². The van der Waals surface area contributed by atoms with Gasteiger partial charge in [0.05, 0.1) is 5.60 Å². The van der Waals surface area contributed by atoms with E-state index >= 15 is 0 Å². The van der Waals surface area contributed by atoms with Gasteiger partial charge in [0, 0.05) is 23.7 Å². The Morgan fingerprint density at radius 3 is 2.89 bits per heavy atom. The average molecular weight is 268 g/mol. The van der Waals surface area contributed by atoms with Crippen LogP contribution < -0.4 is 0 Å². The minimum atomic E-state index is -0.777. The van der Waals surface area contributed by atoms with E-state index in [2.05, 4.69) is 0 Å². The second-order valence-electron chi connectivity index (χ2n) is 5.24. The van der Waals surface area contributed by atoms with Crippen LogP contribution in [-0.4, -0.2) is 34.6 Å². The lowest BCUT2D eigenvalue weighted by molar-refractivity contribution is -0.0107. The number of hydrogen-bond donors (Lipinski definition) is 1. The van der Waals surface area contributed by atoms with Crippen molar-refractivity contribution in [2.45, 2.75) is 32.3 Å². The molecular weight excluding hydrogens is 250 g/mol. The largest absolute Gasteiger partial charge is 0.388 e. The summed E-state index contributed by atoms with van der Waals surface area (Å²) in [7, 11) is 0. The molecule has 0 aromatic heterocycles. The van der Waals surface area contributed by atoms with Crippen LogP contribution in [0.5, 0.6) is 0 Å². The van der Waals surface area contributed by atoms with Crippen LogP contribution in [0.1, 0.15) is 35.7 Å². The van der Waals surface area contributed by atoms with E-state index in [-0.39, 0.29) is 5.91 Å². The van der Waals surface area contributed by atoms with E-state index in [0.717, 1.165) is 18.4 Å². The predicted molar refractivity (Wildman–Crippen MR) is 72.0 cm³/mol. The number of likely N-dealkylation sites (tertiary alicyclic amines) is 1. The summed E-state index contributed by atoms with van der Waals surface area (Å²) in [6.07, 6.45) is 1.57. The lowest BCUT2D eigenvalue weighted by Gasteiger charge is -2.37. The Hall–Kier alpha value is -1.06. The molecule has 1 heterocycles. The van der Waals surface area contributed by atoms with Gasteiger partial charge in [0.2, 0.25) is 0 Å². The van der Waals surface area contributed by atoms with E-state index in [4.69, 9.17) is 11.6 Å².